The second-order valence-electron chi connectivity index (χ2n) is 15.8. The van der Waals surface area contributed by atoms with Gasteiger partial charge in [-0.3, -0.25) is 9.59 Å². The Bertz CT molecular complexity index is 1270. The van der Waals surface area contributed by atoms with Crippen LogP contribution >= 0.6 is 0 Å². The molecule has 1 saturated heterocycles. The Hall–Kier alpha value is -3.12. The molecule has 0 aromatic heterocycles. The lowest BCUT2D eigenvalue weighted by molar-refractivity contribution is -0.305. The summed E-state index contributed by atoms with van der Waals surface area (Å²) in [7, 11) is 0. The summed E-state index contributed by atoms with van der Waals surface area (Å²) in [5, 5.41) is 40.1. The predicted octanol–water partition coefficient (Wildman–Crippen LogP) is 10.6. The number of allylic oxidation sites excluding steroid dienone is 14. The van der Waals surface area contributed by atoms with E-state index in [0.717, 1.165) is 77.0 Å². The lowest BCUT2D eigenvalue weighted by atomic mass is 9.99. The topological polar surface area (TPSA) is 152 Å². The van der Waals surface area contributed by atoms with Gasteiger partial charge in [-0.25, -0.2) is 0 Å². The van der Waals surface area contributed by atoms with Crippen molar-refractivity contribution < 1.29 is 49.0 Å². The standard InChI is InChI=1S/C51H84O10/c1-3-5-7-9-11-13-15-17-19-21-22-24-26-28-30-32-34-36-38-40-47(54)60-44(43-59-51-50(57)49(56)48(55)45(41-52)61-51)42-58-46(53)39-37-35-33-31-29-27-25-23-20-18-16-14-12-10-8-6-4-2/h11-14,17-20,22,24-25,27-28,30,44-45,48-52,55-57H,3-10,15-16,21,23,26,29,31-43H2,1-2H3/b13-11+,14-12+,19-17+,20-18+,24-22+,27-25+,30-28+/t44-,45-,48+,49?,50?,51-/m1/s1. The highest BCUT2D eigenvalue weighted by Crippen LogP contribution is 2.22. The molecule has 0 radical (unpaired) electrons. The van der Waals surface area contributed by atoms with E-state index in [0.29, 0.717) is 12.8 Å². The highest BCUT2D eigenvalue weighted by Gasteiger charge is 2.44. The Morgan fingerprint density at radius 2 is 0.918 bits per heavy atom. The van der Waals surface area contributed by atoms with Crippen molar-refractivity contribution in [2.75, 3.05) is 19.8 Å². The SMILES string of the molecule is CCCCC/C=C/C/C=C/C/C=C/C/C=C/CCCCCC(=O)O[C@H](COC(=O)CCCCCC/C=C/C/C=C/C/C=C/CCCCC)CO[C@@H]1O[C@H](CO)[C@H](O)C(O)C1O. The van der Waals surface area contributed by atoms with Crippen LogP contribution in [-0.2, 0) is 28.5 Å². The molecule has 0 aromatic rings. The number of carbonyl (C=O) groups is 2. The molecule has 61 heavy (non-hydrogen) atoms. The Morgan fingerprint density at radius 3 is 1.38 bits per heavy atom. The number of rotatable bonds is 38. The molecule has 1 fully saturated rings. The third-order valence-corrected chi connectivity index (χ3v) is 10.3. The van der Waals surface area contributed by atoms with E-state index < -0.39 is 55.4 Å². The molecule has 4 N–H and O–H groups in total. The largest absolute Gasteiger partial charge is 0.462 e. The fourth-order valence-corrected chi connectivity index (χ4v) is 6.47. The number of unbranched alkanes of at least 4 members (excludes halogenated alkanes) is 13. The molecule has 6 atom stereocenters. The van der Waals surface area contributed by atoms with Gasteiger partial charge >= 0.3 is 11.9 Å². The van der Waals surface area contributed by atoms with E-state index in [2.05, 4.69) is 98.9 Å². The van der Waals surface area contributed by atoms with Crippen LogP contribution in [0.5, 0.6) is 0 Å². The third-order valence-electron chi connectivity index (χ3n) is 10.3. The maximum atomic E-state index is 12.8. The number of esters is 2. The van der Waals surface area contributed by atoms with Gasteiger partial charge in [0.1, 0.15) is 31.0 Å². The molecular formula is C51H84O10. The van der Waals surface area contributed by atoms with Gasteiger partial charge in [-0.2, -0.15) is 0 Å². The third kappa shape index (κ3) is 32.3. The van der Waals surface area contributed by atoms with Crippen LogP contribution in [0.1, 0.15) is 168 Å². The van der Waals surface area contributed by atoms with Crippen molar-refractivity contribution in [1.82, 2.24) is 0 Å². The van der Waals surface area contributed by atoms with Crippen LogP contribution in [0.3, 0.4) is 0 Å². The average Bonchev–Trinajstić information content (AvgIpc) is 3.26. The van der Waals surface area contributed by atoms with Gasteiger partial charge in [0.2, 0.25) is 0 Å². The van der Waals surface area contributed by atoms with E-state index in [1.165, 1.54) is 51.4 Å². The minimum Gasteiger partial charge on any atom is -0.462 e. The summed E-state index contributed by atoms with van der Waals surface area (Å²) in [6.07, 6.45) is 45.8. The summed E-state index contributed by atoms with van der Waals surface area (Å²) in [6, 6.07) is 0. The molecule has 1 aliphatic heterocycles. The second-order valence-corrected chi connectivity index (χ2v) is 15.8. The Kier molecular flexibility index (Phi) is 37.5. The minimum atomic E-state index is -1.61. The van der Waals surface area contributed by atoms with E-state index in [-0.39, 0.29) is 26.1 Å². The van der Waals surface area contributed by atoms with Gasteiger partial charge in [-0.05, 0) is 96.3 Å². The molecule has 1 aliphatic rings. The predicted molar refractivity (Wildman–Crippen MR) is 247 cm³/mol. The maximum absolute atomic E-state index is 12.8. The fourth-order valence-electron chi connectivity index (χ4n) is 6.47. The number of hydrogen-bond donors (Lipinski definition) is 4. The van der Waals surface area contributed by atoms with E-state index in [9.17, 15) is 30.0 Å². The number of hydrogen-bond acceptors (Lipinski definition) is 10. The van der Waals surface area contributed by atoms with Crippen molar-refractivity contribution in [1.29, 1.82) is 0 Å². The van der Waals surface area contributed by atoms with Crippen molar-refractivity contribution in [2.45, 2.75) is 205 Å². The van der Waals surface area contributed by atoms with E-state index in [1.54, 1.807) is 0 Å². The van der Waals surface area contributed by atoms with Crippen LogP contribution in [0.25, 0.3) is 0 Å². The number of carbonyl (C=O) groups excluding carboxylic acids is 2. The molecule has 0 aromatic carbocycles. The molecular weight excluding hydrogens is 773 g/mol. The lowest BCUT2D eigenvalue weighted by Gasteiger charge is -2.39. The van der Waals surface area contributed by atoms with Crippen molar-refractivity contribution in [3.05, 3.63) is 85.1 Å². The molecule has 0 saturated carbocycles. The van der Waals surface area contributed by atoms with Crippen molar-refractivity contribution in [3.8, 4) is 0 Å². The van der Waals surface area contributed by atoms with Crippen LogP contribution in [0.2, 0.25) is 0 Å². The van der Waals surface area contributed by atoms with Crippen LogP contribution in [-0.4, -0.2) is 89.0 Å². The first-order valence-corrected chi connectivity index (χ1v) is 23.7. The first-order valence-electron chi connectivity index (χ1n) is 23.7. The summed E-state index contributed by atoms with van der Waals surface area (Å²) in [4.78, 5) is 25.4. The van der Waals surface area contributed by atoms with Gasteiger partial charge in [-0.15, -0.1) is 0 Å². The highest BCUT2D eigenvalue weighted by atomic mass is 16.7. The van der Waals surface area contributed by atoms with Crippen LogP contribution in [0, 0.1) is 0 Å². The molecule has 348 valence electrons. The lowest BCUT2D eigenvalue weighted by Crippen LogP contribution is -2.59. The minimum absolute atomic E-state index is 0.182. The maximum Gasteiger partial charge on any atom is 0.306 e. The van der Waals surface area contributed by atoms with Gasteiger partial charge in [0.05, 0.1) is 13.2 Å². The quantitative estimate of drug-likeness (QED) is 0.0268. The molecule has 10 heteroatoms. The van der Waals surface area contributed by atoms with Crippen LogP contribution in [0.15, 0.2) is 85.1 Å². The summed E-state index contributed by atoms with van der Waals surface area (Å²) in [5.41, 5.74) is 0. The van der Waals surface area contributed by atoms with E-state index in [4.69, 9.17) is 18.9 Å². The number of aliphatic hydroxyl groups is 4. The van der Waals surface area contributed by atoms with Crippen LogP contribution < -0.4 is 0 Å². The van der Waals surface area contributed by atoms with E-state index >= 15 is 0 Å². The first-order chi connectivity index (χ1) is 29.8. The van der Waals surface area contributed by atoms with Crippen molar-refractivity contribution >= 4 is 11.9 Å². The van der Waals surface area contributed by atoms with Gasteiger partial charge in [0, 0.05) is 12.8 Å². The molecule has 1 heterocycles. The summed E-state index contributed by atoms with van der Waals surface area (Å²) in [5.74, 6) is -0.875. The number of ether oxygens (including phenoxy) is 4. The Morgan fingerprint density at radius 1 is 0.508 bits per heavy atom. The molecule has 0 spiro atoms. The van der Waals surface area contributed by atoms with Gasteiger partial charge in [0.15, 0.2) is 12.4 Å². The molecule has 10 nitrogen and oxygen atoms in total. The molecule has 0 aliphatic carbocycles. The summed E-state index contributed by atoms with van der Waals surface area (Å²) >= 11 is 0. The second kappa shape index (κ2) is 40.9. The van der Waals surface area contributed by atoms with Gasteiger partial charge < -0.3 is 39.4 Å². The van der Waals surface area contributed by atoms with Crippen molar-refractivity contribution in [2.24, 2.45) is 0 Å². The fraction of sp³-hybridized carbons (Fsp3) is 0.686. The average molecular weight is 857 g/mol. The van der Waals surface area contributed by atoms with Crippen LogP contribution in [0.4, 0.5) is 0 Å². The summed E-state index contributed by atoms with van der Waals surface area (Å²) < 4.78 is 22.1. The normalized spacial score (nSPS) is 20.5. The zero-order valence-electron chi connectivity index (χ0n) is 37.9. The van der Waals surface area contributed by atoms with E-state index in [1.807, 2.05) is 0 Å². The molecule has 1 rings (SSSR count). The van der Waals surface area contributed by atoms with Gasteiger partial charge in [0.25, 0.3) is 0 Å². The smallest absolute Gasteiger partial charge is 0.306 e. The Labute approximate surface area is 369 Å². The summed E-state index contributed by atoms with van der Waals surface area (Å²) in [6.45, 7) is 3.30. The first kappa shape index (κ1) is 55.9. The van der Waals surface area contributed by atoms with Gasteiger partial charge in [-0.1, -0.05) is 144 Å². The monoisotopic (exact) mass is 857 g/mol. The molecule has 0 amide bonds. The zero-order valence-corrected chi connectivity index (χ0v) is 37.9. The molecule has 0 bridgehead atoms. The highest BCUT2D eigenvalue weighted by molar-refractivity contribution is 5.70. The number of aliphatic hydroxyl groups excluding tert-OH is 4. The zero-order chi connectivity index (χ0) is 44.4. The van der Waals surface area contributed by atoms with Crippen molar-refractivity contribution in [3.63, 3.8) is 0 Å². The Balaban J connectivity index is 2.37. The molecule has 2 unspecified atom stereocenters.